The van der Waals surface area contributed by atoms with Gasteiger partial charge in [0, 0.05) is 0 Å². The first kappa shape index (κ1) is 9.13. The van der Waals surface area contributed by atoms with Crippen LogP contribution in [0.1, 0.15) is 0 Å². The molecule has 0 aliphatic carbocycles. The quantitative estimate of drug-likeness (QED) is 0.562. The molecule has 74 valence electrons. The number of halogens is 1. The molecule has 0 fully saturated rings. The van der Waals surface area contributed by atoms with Crippen LogP contribution in [0.25, 0.3) is 0 Å². The standard InChI is InChI=1S/C12H7ClOS/c13-8-4-3-7-11-12(8)14-9-5-1-2-6-10(9)15-11/h1-7H. The van der Waals surface area contributed by atoms with E-state index in [9.17, 15) is 0 Å². The number of rotatable bonds is 0. The van der Waals surface area contributed by atoms with Crippen LogP contribution in [0.3, 0.4) is 0 Å². The maximum atomic E-state index is 6.07. The molecule has 0 atom stereocenters. The molecule has 1 aliphatic heterocycles. The molecule has 1 heterocycles. The van der Waals surface area contributed by atoms with Gasteiger partial charge in [0.1, 0.15) is 5.75 Å². The number of ether oxygens (including phenoxy) is 1. The number of benzene rings is 2. The first-order valence-electron chi connectivity index (χ1n) is 4.58. The molecule has 0 radical (unpaired) electrons. The summed E-state index contributed by atoms with van der Waals surface area (Å²) in [5, 5.41) is 0.662. The van der Waals surface area contributed by atoms with E-state index in [4.69, 9.17) is 16.3 Å². The minimum absolute atomic E-state index is 0.662. The normalized spacial score (nSPS) is 12.6. The summed E-state index contributed by atoms with van der Waals surface area (Å²) < 4.78 is 5.76. The van der Waals surface area contributed by atoms with Crippen molar-refractivity contribution in [2.45, 2.75) is 9.79 Å². The van der Waals surface area contributed by atoms with Crippen LogP contribution in [0.2, 0.25) is 5.02 Å². The summed E-state index contributed by atoms with van der Waals surface area (Å²) >= 11 is 7.76. The van der Waals surface area contributed by atoms with Crippen molar-refractivity contribution in [3.05, 3.63) is 47.5 Å². The molecule has 0 spiro atoms. The van der Waals surface area contributed by atoms with E-state index in [2.05, 4.69) is 0 Å². The van der Waals surface area contributed by atoms with Crippen molar-refractivity contribution in [3.63, 3.8) is 0 Å². The smallest absolute Gasteiger partial charge is 0.159 e. The summed E-state index contributed by atoms with van der Waals surface area (Å²) in [6.07, 6.45) is 0. The average molecular weight is 235 g/mol. The predicted molar refractivity (Wildman–Crippen MR) is 62.1 cm³/mol. The molecule has 0 saturated heterocycles. The van der Waals surface area contributed by atoms with Crippen LogP contribution in [0, 0.1) is 0 Å². The second kappa shape index (κ2) is 3.47. The molecule has 0 N–H and O–H groups in total. The zero-order chi connectivity index (χ0) is 10.3. The Morgan fingerprint density at radius 3 is 2.67 bits per heavy atom. The lowest BCUT2D eigenvalue weighted by Gasteiger charge is -2.19. The van der Waals surface area contributed by atoms with Crippen molar-refractivity contribution in [2.75, 3.05) is 0 Å². The van der Waals surface area contributed by atoms with E-state index in [1.807, 2.05) is 42.5 Å². The van der Waals surface area contributed by atoms with E-state index in [0.717, 1.165) is 21.3 Å². The van der Waals surface area contributed by atoms with Crippen molar-refractivity contribution < 1.29 is 4.74 Å². The van der Waals surface area contributed by atoms with Gasteiger partial charge in [0.25, 0.3) is 0 Å². The summed E-state index contributed by atoms with van der Waals surface area (Å²) in [6, 6.07) is 13.8. The highest BCUT2D eigenvalue weighted by Crippen LogP contribution is 2.49. The van der Waals surface area contributed by atoms with Gasteiger partial charge in [0.05, 0.1) is 14.8 Å². The Hall–Kier alpha value is -1.12. The van der Waals surface area contributed by atoms with E-state index >= 15 is 0 Å². The van der Waals surface area contributed by atoms with Crippen molar-refractivity contribution >= 4 is 23.4 Å². The summed E-state index contributed by atoms with van der Waals surface area (Å²) in [5.74, 6) is 1.64. The number of hydrogen-bond donors (Lipinski definition) is 0. The summed E-state index contributed by atoms with van der Waals surface area (Å²) in [4.78, 5) is 2.20. The molecule has 3 heteroatoms. The Morgan fingerprint density at radius 2 is 1.73 bits per heavy atom. The van der Waals surface area contributed by atoms with Gasteiger partial charge < -0.3 is 4.74 Å². The highest BCUT2D eigenvalue weighted by atomic mass is 35.5. The lowest BCUT2D eigenvalue weighted by atomic mass is 10.3. The minimum Gasteiger partial charge on any atom is -0.453 e. The fourth-order valence-electron chi connectivity index (χ4n) is 1.52. The molecule has 15 heavy (non-hydrogen) atoms. The van der Waals surface area contributed by atoms with Crippen LogP contribution >= 0.6 is 23.4 Å². The molecular weight excluding hydrogens is 228 g/mol. The molecule has 0 aromatic heterocycles. The van der Waals surface area contributed by atoms with Crippen LogP contribution in [0.15, 0.2) is 52.3 Å². The number of para-hydroxylation sites is 2. The number of fused-ring (bicyclic) bond motifs is 2. The first-order chi connectivity index (χ1) is 7.34. The first-order valence-corrected chi connectivity index (χ1v) is 5.77. The maximum Gasteiger partial charge on any atom is 0.159 e. The Kier molecular flexibility index (Phi) is 2.11. The van der Waals surface area contributed by atoms with Crippen molar-refractivity contribution in [1.29, 1.82) is 0 Å². The van der Waals surface area contributed by atoms with Gasteiger partial charge in [0.15, 0.2) is 5.75 Å². The fourth-order valence-corrected chi connectivity index (χ4v) is 2.77. The maximum absolute atomic E-state index is 6.07. The molecule has 0 unspecified atom stereocenters. The number of hydrogen-bond acceptors (Lipinski definition) is 2. The van der Waals surface area contributed by atoms with E-state index in [-0.39, 0.29) is 0 Å². The minimum atomic E-state index is 0.662. The van der Waals surface area contributed by atoms with E-state index < -0.39 is 0 Å². The predicted octanol–water partition coefficient (Wildman–Crippen LogP) is 4.60. The van der Waals surface area contributed by atoms with E-state index in [0.29, 0.717) is 5.02 Å². The largest absolute Gasteiger partial charge is 0.453 e. The van der Waals surface area contributed by atoms with Gasteiger partial charge in [-0.25, -0.2) is 0 Å². The topological polar surface area (TPSA) is 9.23 Å². The van der Waals surface area contributed by atoms with Crippen molar-refractivity contribution in [2.24, 2.45) is 0 Å². The molecule has 1 aliphatic rings. The third kappa shape index (κ3) is 1.50. The van der Waals surface area contributed by atoms with Gasteiger partial charge in [-0.3, -0.25) is 0 Å². The molecule has 0 amide bonds. The molecule has 2 aromatic carbocycles. The zero-order valence-corrected chi connectivity index (χ0v) is 9.31. The lowest BCUT2D eigenvalue weighted by molar-refractivity contribution is 0.455. The molecule has 2 aromatic rings. The zero-order valence-electron chi connectivity index (χ0n) is 7.74. The van der Waals surface area contributed by atoms with Gasteiger partial charge in [-0.15, -0.1) is 0 Å². The molecule has 3 rings (SSSR count). The van der Waals surface area contributed by atoms with Crippen molar-refractivity contribution in [1.82, 2.24) is 0 Å². The Morgan fingerprint density at radius 1 is 0.933 bits per heavy atom. The third-order valence-electron chi connectivity index (χ3n) is 2.21. The SMILES string of the molecule is Clc1cccc2c1Oc1ccccc1S2. The van der Waals surface area contributed by atoms with Crippen LogP contribution in [-0.4, -0.2) is 0 Å². The van der Waals surface area contributed by atoms with Gasteiger partial charge in [-0.05, 0) is 24.3 Å². The van der Waals surface area contributed by atoms with Gasteiger partial charge in [-0.2, -0.15) is 0 Å². The van der Waals surface area contributed by atoms with Crippen LogP contribution < -0.4 is 4.74 Å². The fraction of sp³-hybridized carbons (Fsp3) is 0. The third-order valence-corrected chi connectivity index (χ3v) is 3.61. The van der Waals surface area contributed by atoms with E-state index in [1.54, 1.807) is 11.8 Å². The molecular formula is C12H7ClOS. The monoisotopic (exact) mass is 234 g/mol. The Balaban J connectivity index is 2.15. The van der Waals surface area contributed by atoms with Crippen LogP contribution in [-0.2, 0) is 0 Å². The summed E-state index contributed by atoms with van der Waals surface area (Å²) in [7, 11) is 0. The highest BCUT2D eigenvalue weighted by Gasteiger charge is 2.18. The van der Waals surface area contributed by atoms with E-state index in [1.165, 1.54) is 0 Å². The molecule has 0 bridgehead atoms. The van der Waals surface area contributed by atoms with Crippen LogP contribution in [0.4, 0.5) is 0 Å². The second-order valence-electron chi connectivity index (χ2n) is 3.22. The Bertz CT molecular complexity index is 525. The average Bonchev–Trinajstić information content (AvgIpc) is 2.27. The van der Waals surface area contributed by atoms with Crippen molar-refractivity contribution in [3.8, 4) is 11.5 Å². The molecule has 0 saturated carbocycles. The van der Waals surface area contributed by atoms with Gasteiger partial charge in [0.2, 0.25) is 0 Å². The van der Waals surface area contributed by atoms with Gasteiger partial charge >= 0.3 is 0 Å². The summed E-state index contributed by atoms with van der Waals surface area (Å²) in [6.45, 7) is 0. The molecule has 1 nitrogen and oxygen atoms in total. The second-order valence-corrected chi connectivity index (χ2v) is 4.71. The highest BCUT2D eigenvalue weighted by molar-refractivity contribution is 7.99. The lowest BCUT2D eigenvalue weighted by Crippen LogP contribution is -1.94. The van der Waals surface area contributed by atoms with Crippen LogP contribution in [0.5, 0.6) is 11.5 Å². The summed E-state index contributed by atoms with van der Waals surface area (Å²) in [5.41, 5.74) is 0. The van der Waals surface area contributed by atoms with Gasteiger partial charge in [-0.1, -0.05) is 41.6 Å². The Labute approximate surface area is 97.0 Å².